The molecule has 4 nitrogen and oxygen atoms in total. The number of hydrogen-bond acceptors (Lipinski definition) is 2. The number of rotatable bonds is 6. The molecular formula is C17H24FIN4S. The normalized spacial score (nSPS) is 11.1. The van der Waals surface area contributed by atoms with Gasteiger partial charge in [-0.05, 0) is 36.4 Å². The molecule has 0 aliphatic carbocycles. The molecule has 0 radical (unpaired) electrons. The standard InChI is InChI=1S/C17H23FN4S.HI/c1-19-17(22(3)13-15-5-4-11-21(15)2)20-10-12-23-16-8-6-14(18)7-9-16;/h4-9,11H,10,12-13H2,1-3H3,(H,19,20);1H. The predicted molar refractivity (Wildman–Crippen MR) is 111 cm³/mol. The third-order valence-corrected chi connectivity index (χ3v) is 4.51. The lowest BCUT2D eigenvalue weighted by molar-refractivity contribution is 0.464. The van der Waals surface area contributed by atoms with Crippen LogP contribution in [0.3, 0.4) is 0 Å². The van der Waals surface area contributed by atoms with Crippen molar-refractivity contribution in [3.63, 3.8) is 0 Å². The number of benzene rings is 1. The van der Waals surface area contributed by atoms with E-state index in [0.717, 1.165) is 29.7 Å². The highest BCUT2D eigenvalue weighted by Crippen LogP contribution is 2.17. The number of hydrogen-bond donors (Lipinski definition) is 1. The van der Waals surface area contributed by atoms with Crippen LogP contribution in [0.25, 0.3) is 0 Å². The first-order valence-corrected chi connectivity index (χ1v) is 8.49. The Hall–Kier alpha value is -1.22. The van der Waals surface area contributed by atoms with Gasteiger partial charge in [0, 0.05) is 50.2 Å². The van der Waals surface area contributed by atoms with Crippen LogP contribution in [0.15, 0.2) is 52.5 Å². The van der Waals surface area contributed by atoms with E-state index in [1.165, 1.54) is 17.8 Å². The van der Waals surface area contributed by atoms with E-state index in [1.54, 1.807) is 30.9 Å². The summed E-state index contributed by atoms with van der Waals surface area (Å²) in [6.07, 6.45) is 2.04. The average Bonchev–Trinajstić information content (AvgIpc) is 2.94. The molecule has 132 valence electrons. The number of nitrogens with zero attached hydrogens (tertiary/aromatic N) is 3. The monoisotopic (exact) mass is 462 g/mol. The molecule has 0 saturated heterocycles. The minimum absolute atomic E-state index is 0. The molecule has 2 rings (SSSR count). The summed E-state index contributed by atoms with van der Waals surface area (Å²) in [5.41, 5.74) is 1.23. The van der Waals surface area contributed by atoms with Crippen LogP contribution < -0.4 is 5.32 Å². The van der Waals surface area contributed by atoms with E-state index in [2.05, 4.69) is 25.8 Å². The first kappa shape index (κ1) is 20.8. The van der Waals surface area contributed by atoms with E-state index >= 15 is 0 Å². The van der Waals surface area contributed by atoms with Gasteiger partial charge in [-0.15, -0.1) is 35.7 Å². The van der Waals surface area contributed by atoms with E-state index in [0.29, 0.717) is 0 Å². The summed E-state index contributed by atoms with van der Waals surface area (Å²) in [5.74, 6) is 1.56. The second-order valence-corrected chi connectivity index (χ2v) is 6.41. The van der Waals surface area contributed by atoms with Gasteiger partial charge >= 0.3 is 0 Å². The maximum atomic E-state index is 12.9. The van der Waals surface area contributed by atoms with Crippen LogP contribution in [0.2, 0.25) is 0 Å². The van der Waals surface area contributed by atoms with E-state index in [1.807, 2.05) is 26.4 Å². The summed E-state index contributed by atoms with van der Waals surface area (Å²) in [4.78, 5) is 7.48. The lowest BCUT2D eigenvalue weighted by atomic mass is 10.4. The molecule has 0 amide bonds. The molecule has 24 heavy (non-hydrogen) atoms. The fourth-order valence-corrected chi connectivity index (χ4v) is 2.99. The lowest BCUT2D eigenvalue weighted by Crippen LogP contribution is -2.39. The molecular weight excluding hydrogens is 438 g/mol. The van der Waals surface area contributed by atoms with Crippen molar-refractivity contribution < 1.29 is 4.39 Å². The number of aliphatic imine (C=N–C) groups is 1. The summed E-state index contributed by atoms with van der Waals surface area (Å²) in [5, 5.41) is 3.35. The largest absolute Gasteiger partial charge is 0.355 e. The average molecular weight is 462 g/mol. The summed E-state index contributed by atoms with van der Waals surface area (Å²) < 4.78 is 15.0. The van der Waals surface area contributed by atoms with Crippen molar-refractivity contribution in [1.82, 2.24) is 14.8 Å². The summed E-state index contributed by atoms with van der Waals surface area (Å²) in [6.45, 7) is 1.60. The van der Waals surface area contributed by atoms with Crippen molar-refractivity contribution in [2.75, 3.05) is 26.4 Å². The summed E-state index contributed by atoms with van der Waals surface area (Å²) >= 11 is 1.69. The van der Waals surface area contributed by atoms with Crippen LogP contribution in [-0.4, -0.2) is 41.8 Å². The van der Waals surface area contributed by atoms with Crippen LogP contribution in [0, 0.1) is 5.82 Å². The van der Waals surface area contributed by atoms with Gasteiger partial charge in [0.05, 0.1) is 6.54 Å². The molecule has 0 unspecified atom stereocenters. The molecule has 1 aromatic carbocycles. The highest BCUT2D eigenvalue weighted by atomic mass is 127. The third kappa shape index (κ3) is 6.35. The molecule has 0 aliphatic heterocycles. The zero-order valence-electron chi connectivity index (χ0n) is 14.2. The third-order valence-electron chi connectivity index (χ3n) is 3.49. The van der Waals surface area contributed by atoms with Crippen LogP contribution >= 0.6 is 35.7 Å². The number of aryl methyl sites for hydroxylation is 1. The molecule has 1 aromatic heterocycles. The van der Waals surface area contributed by atoms with Gasteiger partial charge in [0.15, 0.2) is 5.96 Å². The fourth-order valence-electron chi connectivity index (χ4n) is 2.23. The van der Waals surface area contributed by atoms with Crippen molar-refractivity contribution in [2.24, 2.45) is 12.0 Å². The van der Waals surface area contributed by atoms with Crippen molar-refractivity contribution in [3.05, 3.63) is 54.1 Å². The Bertz CT molecular complexity index is 642. The quantitative estimate of drug-likeness (QED) is 0.234. The second-order valence-electron chi connectivity index (χ2n) is 5.24. The molecule has 0 spiro atoms. The first-order chi connectivity index (χ1) is 11.1. The van der Waals surface area contributed by atoms with Gasteiger partial charge in [0.25, 0.3) is 0 Å². The molecule has 0 fully saturated rings. The topological polar surface area (TPSA) is 32.6 Å². The molecule has 0 bridgehead atoms. The van der Waals surface area contributed by atoms with Gasteiger partial charge in [-0.3, -0.25) is 4.99 Å². The molecule has 0 aliphatic rings. The second kappa shape index (κ2) is 10.6. The van der Waals surface area contributed by atoms with Crippen LogP contribution in [0.1, 0.15) is 5.69 Å². The Morgan fingerprint density at radius 1 is 1.29 bits per heavy atom. The van der Waals surface area contributed by atoms with Crippen LogP contribution in [0.5, 0.6) is 0 Å². The molecule has 1 heterocycles. The van der Waals surface area contributed by atoms with Gasteiger partial charge in [-0.2, -0.15) is 0 Å². The minimum Gasteiger partial charge on any atom is -0.355 e. The number of thioether (sulfide) groups is 1. The SMILES string of the molecule is CN=C(NCCSc1ccc(F)cc1)N(C)Cc1cccn1C.I. The molecule has 7 heteroatoms. The Labute approximate surface area is 164 Å². The lowest BCUT2D eigenvalue weighted by Gasteiger charge is -2.22. The summed E-state index contributed by atoms with van der Waals surface area (Å²) in [6, 6.07) is 10.7. The highest BCUT2D eigenvalue weighted by molar-refractivity contribution is 14.0. The van der Waals surface area contributed by atoms with Crippen LogP contribution in [-0.2, 0) is 13.6 Å². The molecule has 0 saturated carbocycles. The maximum absolute atomic E-state index is 12.9. The smallest absolute Gasteiger partial charge is 0.193 e. The van der Waals surface area contributed by atoms with E-state index in [4.69, 9.17) is 0 Å². The number of halogens is 2. The Balaban J connectivity index is 0.00000288. The van der Waals surface area contributed by atoms with Gasteiger partial charge < -0.3 is 14.8 Å². The van der Waals surface area contributed by atoms with Gasteiger partial charge in [0.1, 0.15) is 5.82 Å². The van der Waals surface area contributed by atoms with E-state index in [-0.39, 0.29) is 29.8 Å². The zero-order chi connectivity index (χ0) is 16.7. The summed E-state index contributed by atoms with van der Waals surface area (Å²) in [7, 11) is 5.85. The van der Waals surface area contributed by atoms with Crippen LogP contribution in [0.4, 0.5) is 4.39 Å². The predicted octanol–water partition coefficient (Wildman–Crippen LogP) is 3.58. The van der Waals surface area contributed by atoms with Crippen molar-refractivity contribution in [3.8, 4) is 0 Å². The van der Waals surface area contributed by atoms with Gasteiger partial charge in [-0.25, -0.2) is 4.39 Å². The number of guanidine groups is 1. The van der Waals surface area contributed by atoms with Crippen molar-refractivity contribution in [2.45, 2.75) is 11.4 Å². The van der Waals surface area contributed by atoms with Gasteiger partial charge in [-0.1, -0.05) is 0 Å². The maximum Gasteiger partial charge on any atom is 0.193 e. The first-order valence-electron chi connectivity index (χ1n) is 7.50. The minimum atomic E-state index is -0.199. The highest BCUT2D eigenvalue weighted by Gasteiger charge is 2.07. The molecule has 0 atom stereocenters. The number of nitrogens with one attached hydrogen (secondary N) is 1. The fraction of sp³-hybridized carbons (Fsp3) is 0.353. The zero-order valence-corrected chi connectivity index (χ0v) is 17.3. The Kier molecular flexibility index (Phi) is 9.20. The van der Waals surface area contributed by atoms with E-state index < -0.39 is 0 Å². The molecule has 2 aromatic rings. The Morgan fingerprint density at radius 2 is 2.00 bits per heavy atom. The van der Waals surface area contributed by atoms with Crippen molar-refractivity contribution >= 4 is 41.7 Å². The van der Waals surface area contributed by atoms with Gasteiger partial charge in [0.2, 0.25) is 0 Å². The van der Waals surface area contributed by atoms with Crippen molar-refractivity contribution in [1.29, 1.82) is 0 Å². The Morgan fingerprint density at radius 3 is 2.58 bits per heavy atom. The molecule has 1 N–H and O–H groups in total. The number of aromatic nitrogens is 1. The van der Waals surface area contributed by atoms with E-state index in [9.17, 15) is 4.39 Å².